The van der Waals surface area contributed by atoms with Crippen LogP contribution < -0.4 is 0 Å². The third kappa shape index (κ3) is 1.61. The van der Waals surface area contributed by atoms with Gasteiger partial charge in [-0.2, -0.15) is 0 Å². The zero-order valence-corrected chi connectivity index (χ0v) is 7.63. The number of pyridine rings is 1. The average Bonchev–Trinajstić information content (AvgIpc) is 2.54. The SMILES string of the molecule is CC.Cc1ccc2[nH]cnc2n1. The highest BCUT2D eigenvalue weighted by molar-refractivity contribution is 5.69. The van der Waals surface area contributed by atoms with Crippen LogP contribution in [0.3, 0.4) is 0 Å². The van der Waals surface area contributed by atoms with Crippen LogP contribution in [-0.4, -0.2) is 15.0 Å². The molecule has 1 N–H and O–H groups in total. The van der Waals surface area contributed by atoms with E-state index >= 15 is 0 Å². The molecule has 0 aliphatic heterocycles. The summed E-state index contributed by atoms with van der Waals surface area (Å²) in [6, 6.07) is 3.94. The van der Waals surface area contributed by atoms with Crippen LogP contribution in [0.5, 0.6) is 0 Å². The van der Waals surface area contributed by atoms with E-state index in [9.17, 15) is 0 Å². The fourth-order valence-electron chi connectivity index (χ4n) is 0.917. The summed E-state index contributed by atoms with van der Waals surface area (Å²) in [4.78, 5) is 11.2. The van der Waals surface area contributed by atoms with Gasteiger partial charge in [0.15, 0.2) is 5.65 Å². The fraction of sp³-hybridized carbons (Fsp3) is 0.333. The Morgan fingerprint density at radius 3 is 2.75 bits per heavy atom. The summed E-state index contributed by atoms with van der Waals surface area (Å²) in [5, 5.41) is 0. The number of hydrogen-bond donors (Lipinski definition) is 1. The van der Waals surface area contributed by atoms with Gasteiger partial charge >= 0.3 is 0 Å². The van der Waals surface area contributed by atoms with Gasteiger partial charge in [0.05, 0.1) is 11.8 Å². The first-order valence-electron chi connectivity index (χ1n) is 4.13. The second kappa shape index (κ2) is 3.85. The molecule has 12 heavy (non-hydrogen) atoms. The zero-order chi connectivity index (χ0) is 8.97. The fourth-order valence-corrected chi connectivity index (χ4v) is 0.917. The van der Waals surface area contributed by atoms with E-state index in [1.54, 1.807) is 6.33 Å². The van der Waals surface area contributed by atoms with Crippen LogP contribution in [0.25, 0.3) is 11.2 Å². The van der Waals surface area contributed by atoms with Crippen LogP contribution >= 0.6 is 0 Å². The largest absolute Gasteiger partial charge is 0.343 e. The Morgan fingerprint density at radius 1 is 1.25 bits per heavy atom. The number of aromatic nitrogens is 3. The molecular formula is C9H13N3. The number of aryl methyl sites for hydroxylation is 1. The van der Waals surface area contributed by atoms with E-state index in [0.29, 0.717) is 0 Å². The first kappa shape index (κ1) is 8.71. The molecule has 0 saturated carbocycles. The first-order valence-corrected chi connectivity index (χ1v) is 4.13. The molecule has 64 valence electrons. The average molecular weight is 163 g/mol. The van der Waals surface area contributed by atoms with Crippen molar-refractivity contribution < 1.29 is 0 Å². The van der Waals surface area contributed by atoms with E-state index in [-0.39, 0.29) is 0 Å². The highest BCUT2D eigenvalue weighted by atomic mass is 14.9. The molecule has 2 heterocycles. The summed E-state index contributed by atoms with van der Waals surface area (Å²) in [7, 11) is 0. The summed E-state index contributed by atoms with van der Waals surface area (Å²) in [6.07, 6.45) is 1.65. The Bertz CT molecular complexity index is 351. The number of aromatic amines is 1. The molecule has 0 radical (unpaired) electrons. The Balaban J connectivity index is 0.000000336. The van der Waals surface area contributed by atoms with Crippen LogP contribution in [0.4, 0.5) is 0 Å². The number of H-pyrrole nitrogens is 1. The summed E-state index contributed by atoms with van der Waals surface area (Å²) in [6.45, 7) is 5.95. The van der Waals surface area contributed by atoms with Crippen LogP contribution in [0.15, 0.2) is 18.5 Å². The zero-order valence-electron chi connectivity index (χ0n) is 7.63. The van der Waals surface area contributed by atoms with Gasteiger partial charge in [0.1, 0.15) is 0 Å². The van der Waals surface area contributed by atoms with Crippen molar-refractivity contribution >= 4 is 11.2 Å². The molecule has 0 amide bonds. The molecular weight excluding hydrogens is 150 g/mol. The highest BCUT2D eigenvalue weighted by Crippen LogP contribution is 2.05. The summed E-state index contributed by atoms with van der Waals surface area (Å²) >= 11 is 0. The summed E-state index contributed by atoms with van der Waals surface area (Å²) in [5.74, 6) is 0. The maximum absolute atomic E-state index is 4.19. The maximum atomic E-state index is 4.19. The lowest BCUT2D eigenvalue weighted by Crippen LogP contribution is -1.79. The molecule has 0 bridgehead atoms. The molecule has 0 aliphatic rings. The quantitative estimate of drug-likeness (QED) is 0.647. The van der Waals surface area contributed by atoms with E-state index < -0.39 is 0 Å². The predicted octanol–water partition coefficient (Wildman–Crippen LogP) is 2.29. The monoisotopic (exact) mass is 163 g/mol. The normalized spacial score (nSPS) is 9.25. The number of hydrogen-bond acceptors (Lipinski definition) is 2. The standard InChI is InChI=1S/C7H7N3.C2H6/c1-5-2-3-6-7(10-5)9-4-8-6;1-2/h2-4H,1H3,(H,8,9,10);1-2H3. The number of rotatable bonds is 0. The van der Waals surface area contributed by atoms with E-state index in [4.69, 9.17) is 0 Å². The number of fused-ring (bicyclic) bond motifs is 1. The van der Waals surface area contributed by atoms with E-state index in [1.807, 2.05) is 32.9 Å². The van der Waals surface area contributed by atoms with Gasteiger partial charge in [0, 0.05) is 5.69 Å². The van der Waals surface area contributed by atoms with Crippen molar-refractivity contribution in [2.24, 2.45) is 0 Å². The number of nitrogens with one attached hydrogen (secondary N) is 1. The van der Waals surface area contributed by atoms with Gasteiger partial charge in [-0.3, -0.25) is 0 Å². The van der Waals surface area contributed by atoms with Crippen molar-refractivity contribution in [3.63, 3.8) is 0 Å². The van der Waals surface area contributed by atoms with Crippen molar-refractivity contribution in [1.82, 2.24) is 15.0 Å². The molecule has 0 spiro atoms. The molecule has 0 aliphatic carbocycles. The topological polar surface area (TPSA) is 41.6 Å². The maximum Gasteiger partial charge on any atom is 0.177 e. The second-order valence-electron chi connectivity index (χ2n) is 2.23. The number of nitrogens with zero attached hydrogens (tertiary/aromatic N) is 2. The summed E-state index contributed by atoms with van der Waals surface area (Å²) < 4.78 is 0. The van der Waals surface area contributed by atoms with Crippen molar-refractivity contribution in [3.05, 3.63) is 24.2 Å². The van der Waals surface area contributed by atoms with E-state index in [2.05, 4.69) is 15.0 Å². The molecule has 3 nitrogen and oxygen atoms in total. The van der Waals surface area contributed by atoms with E-state index in [0.717, 1.165) is 16.9 Å². The van der Waals surface area contributed by atoms with Crippen LogP contribution in [-0.2, 0) is 0 Å². The highest BCUT2D eigenvalue weighted by Gasteiger charge is 1.94. The lowest BCUT2D eigenvalue weighted by Gasteiger charge is -1.88. The van der Waals surface area contributed by atoms with Gasteiger partial charge in [-0.1, -0.05) is 13.8 Å². The van der Waals surface area contributed by atoms with Crippen molar-refractivity contribution in [2.45, 2.75) is 20.8 Å². The molecule has 2 aromatic heterocycles. The summed E-state index contributed by atoms with van der Waals surface area (Å²) in [5.41, 5.74) is 2.78. The second-order valence-corrected chi connectivity index (χ2v) is 2.23. The predicted molar refractivity (Wildman–Crippen MR) is 50.0 cm³/mol. The molecule has 3 heteroatoms. The first-order chi connectivity index (χ1) is 5.86. The van der Waals surface area contributed by atoms with Gasteiger partial charge in [-0.25, -0.2) is 9.97 Å². The minimum absolute atomic E-state index is 0.792. The van der Waals surface area contributed by atoms with Gasteiger partial charge in [-0.05, 0) is 19.1 Å². The van der Waals surface area contributed by atoms with E-state index in [1.165, 1.54) is 0 Å². The van der Waals surface area contributed by atoms with Crippen LogP contribution in [0.1, 0.15) is 19.5 Å². The Hall–Kier alpha value is -1.38. The molecule has 2 aromatic rings. The third-order valence-corrected chi connectivity index (χ3v) is 1.42. The van der Waals surface area contributed by atoms with Gasteiger partial charge in [0.2, 0.25) is 0 Å². The van der Waals surface area contributed by atoms with Crippen molar-refractivity contribution in [3.8, 4) is 0 Å². The van der Waals surface area contributed by atoms with Crippen molar-refractivity contribution in [1.29, 1.82) is 0 Å². The molecule has 2 rings (SSSR count). The van der Waals surface area contributed by atoms with Gasteiger partial charge in [-0.15, -0.1) is 0 Å². The lowest BCUT2D eigenvalue weighted by molar-refractivity contribution is 1.22. The van der Waals surface area contributed by atoms with Gasteiger partial charge in [0.25, 0.3) is 0 Å². The van der Waals surface area contributed by atoms with Crippen LogP contribution in [0, 0.1) is 6.92 Å². The van der Waals surface area contributed by atoms with Crippen molar-refractivity contribution in [2.75, 3.05) is 0 Å². The molecule has 0 unspecified atom stereocenters. The molecule has 0 atom stereocenters. The molecule has 0 aromatic carbocycles. The third-order valence-electron chi connectivity index (χ3n) is 1.42. The van der Waals surface area contributed by atoms with Crippen LogP contribution in [0.2, 0.25) is 0 Å². The Kier molecular flexibility index (Phi) is 2.80. The number of imidazole rings is 1. The molecule has 0 saturated heterocycles. The minimum atomic E-state index is 0.792. The smallest absolute Gasteiger partial charge is 0.177 e. The Labute approximate surface area is 71.9 Å². The Morgan fingerprint density at radius 2 is 2.00 bits per heavy atom. The minimum Gasteiger partial charge on any atom is -0.343 e. The van der Waals surface area contributed by atoms with Gasteiger partial charge < -0.3 is 4.98 Å². The lowest BCUT2D eigenvalue weighted by atomic mass is 10.4. The molecule has 0 fully saturated rings.